The quantitative estimate of drug-likeness (QED) is 0.833. The monoisotopic (exact) mass is 377 g/mol. The number of carbonyl (C=O) groups is 2. The molecule has 0 atom stereocenters. The third-order valence-corrected chi connectivity index (χ3v) is 6.35. The Hall–Kier alpha value is -2.22. The predicted octanol–water partition coefficient (Wildman–Crippen LogP) is 2.37. The molecule has 0 aliphatic heterocycles. The Morgan fingerprint density at radius 1 is 1.31 bits per heavy atom. The molecule has 2 N–H and O–H groups in total. The Labute approximate surface area is 155 Å². The van der Waals surface area contributed by atoms with Crippen LogP contribution in [0.15, 0.2) is 11.1 Å². The number of aryl methyl sites for hydroxylation is 3. The van der Waals surface area contributed by atoms with Crippen LogP contribution in [0.3, 0.4) is 0 Å². The van der Waals surface area contributed by atoms with E-state index in [1.807, 2.05) is 13.8 Å². The summed E-state index contributed by atoms with van der Waals surface area (Å²) in [5, 5.41) is 12.8. The van der Waals surface area contributed by atoms with Gasteiger partial charge in [-0.1, -0.05) is 19.3 Å². The van der Waals surface area contributed by atoms with Crippen molar-refractivity contribution in [1.29, 1.82) is 0 Å². The van der Waals surface area contributed by atoms with Crippen molar-refractivity contribution in [1.82, 2.24) is 14.9 Å². The number of nitrogens with one attached hydrogen (secondary N) is 1. The van der Waals surface area contributed by atoms with Crippen molar-refractivity contribution in [3.63, 3.8) is 0 Å². The molecule has 2 aromatic heterocycles. The summed E-state index contributed by atoms with van der Waals surface area (Å²) in [5.41, 5.74) is -0.396. The third-order valence-electron chi connectivity index (χ3n) is 5.23. The Morgan fingerprint density at radius 2 is 2.00 bits per heavy atom. The van der Waals surface area contributed by atoms with Gasteiger partial charge in [0.25, 0.3) is 5.56 Å². The highest BCUT2D eigenvalue weighted by Crippen LogP contribution is 2.29. The van der Waals surface area contributed by atoms with E-state index in [0.717, 1.165) is 29.7 Å². The Kier molecular flexibility index (Phi) is 5.13. The summed E-state index contributed by atoms with van der Waals surface area (Å²) in [7, 11) is 0. The first-order chi connectivity index (χ1) is 12.3. The number of carbonyl (C=O) groups excluding carboxylic acids is 1. The lowest BCUT2D eigenvalue weighted by Crippen LogP contribution is -2.55. The van der Waals surface area contributed by atoms with Crippen molar-refractivity contribution in [3.05, 3.63) is 27.1 Å². The van der Waals surface area contributed by atoms with Gasteiger partial charge in [0.15, 0.2) is 0 Å². The zero-order chi connectivity index (χ0) is 18.9. The highest BCUT2D eigenvalue weighted by molar-refractivity contribution is 7.18. The van der Waals surface area contributed by atoms with E-state index >= 15 is 0 Å². The van der Waals surface area contributed by atoms with Crippen LogP contribution in [0.5, 0.6) is 0 Å². The van der Waals surface area contributed by atoms with Gasteiger partial charge in [0.1, 0.15) is 10.4 Å². The molecule has 1 saturated carbocycles. The Bertz CT molecular complexity index is 909. The highest BCUT2D eigenvalue weighted by atomic mass is 32.1. The summed E-state index contributed by atoms with van der Waals surface area (Å²) in [6.45, 7) is 4.03. The molecule has 1 aliphatic rings. The number of aromatic nitrogens is 2. The average molecular weight is 377 g/mol. The van der Waals surface area contributed by atoms with Crippen molar-refractivity contribution < 1.29 is 14.7 Å². The summed E-state index contributed by atoms with van der Waals surface area (Å²) in [5.74, 6) is -1.32. The molecule has 8 heteroatoms. The molecule has 1 fully saturated rings. The first kappa shape index (κ1) is 18.6. The molecule has 0 bridgehead atoms. The minimum absolute atomic E-state index is 0.0459. The van der Waals surface area contributed by atoms with Gasteiger partial charge in [-0.15, -0.1) is 11.3 Å². The zero-order valence-electron chi connectivity index (χ0n) is 15.0. The number of aliphatic carboxylic acids is 1. The Morgan fingerprint density at radius 3 is 2.65 bits per heavy atom. The van der Waals surface area contributed by atoms with Gasteiger partial charge >= 0.3 is 5.97 Å². The lowest BCUT2D eigenvalue weighted by atomic mass is 9.81. The van der Waals surface area contributed by atoms with Crippen LogP contribution >= 0.6 is 11.3 Å². The molecular weight excluding hydrogens is 354 g/mol. The molecule has 3 rings (SSSR count). The molecule has 26 heavy (non-hydrogen) atoms. The molecule has 1 amide bonds. The molecule has 0 spiro atoms. The van der Waals surface area contributed by atoms with Gasteiger partial charge in [0.2, 0.25) is 5.91 Å². The molecule has 1 aliphatic carbocycles. The van der Waals surface area contributed by atoms with E-state index in [9.17, 15) is 19.5 Å². The topological polar surface area (TPSA) is 101 Å². The van der Waals surface area contributed by atoms with E-state index in [1.54, 1.807) is 0 Å². The van der Waals surface area contributed by atoms with Crippen molar-refractivity contribution in [2.24, 2.45) is 0 Å². The highest BCUT2D eigenvalue weighted by Gasteiger charge is 2.40. The van der Waals surface area contributed by atoms with Crippen LogP contribution in [0.4, 0.5) is 0 Å². The summed E-state index contributed by atoms with van der Waals surface area (Å²) >= 11 is 1.48. The largest absolute Gasteiger partial charge is 0.480 e. The lowest BCUT2D eigenvalue weighted by molar-refractivity contribution is -0.149. The number of hydrogen-bond acceptors (Lipinski definition) is 5. The molecule has 140 valence electrons. The van der Waals surface area contributed by atoms with Gasteiger partial charge in [-0.3, -0.25) is 14.2 Å². The van der Waals surface area contributed by atoms with Gasteiger partial charge in [-0.05, 0) is 32.3 Å². The molecule has 2 heterocycles. The number of carboxylic acids is 1. The number of rotatable bonds is 5. The molecular formula is C18H23N3O4S. The van der Waals surface area contributed by atoms with Gasteiger partial charge in [0, 0.05) is 17.8 Å². The van der Waals surface area contributed by atoms with E-state index in [2.05, 4.69) is 10.3 Å². The number of fused-ring (bicyclic) bond motifs is 1. The number of nitrogens with zero attached hydrogens (tertiary/aromatic N) is 2. The second-order valence-corrected chi connectivity index (χ2v) is 8.16. The first-order valence-corrected chi connectivity index (χ1v) is 9.65. The van der Waals surface area contributed by atoms with Crippen LogP contribution < -0.4 is 10.9 Å². The smallest absolute Gasteiger partial charge is 0.329 e. The summed E-state index contributed by atoms with van der Waals surface area (Å²) < 4.78 is 1.43. The van der Waals surface area contributed by atoms with Crippen molar-refractivity contribution in [2.45, 2.75) is 64.5 Å². The number of thiophene rings is 1. The van der Waals surface area contributed by atoms with E-state index in [4.69, 9.17) is 0 Å². The van der Waals surface area contributed by atoms with Gasteiger partial charge in [-0.25, -0.2) is 9.78 Å². The minimum Gasteiger partial charge on any atom is -0.480 e. The van der Waals surface area contributed by atoms with Crippen molar-refractivity contribution in [3.8, 4) is 0 Å². The van der Waals surface area contributed by atoms with E-state index < -0.39 is 11.5 Å². The van der Waals surface area contributed by atoms with Gasteiger partial charge < -0.3 is 10.4 Å². The fourth-order valence-corrected chi connectivity index (χ4v) is 4.52. The molecule has 0 unspecified atom stereocenters. The maximum absolute atomic E-state index is 12.6. The van der Waals surface area contributed by atoms with Crippen molar-refractivity contribution >= 4 is 33.4 Å². The van der Waals surface area contributed by atoms with Crippen LogP contribution in [0.25, 0.3) is 10.2 Å². The SMILES string of the molecule is Cc1sc2ncn(CCC(=O)NC3(C(=O)O)CCCCC3)c(=O)c2c1C. The van der Waals surface area contributed by atoms with Crippen LogP contribution in [-0.4, -0.2) is 32.1 Å². The maximum Gasteiger partial charge on any atom is 0.329 e. The average Bonchev–Trinajstić information content (AvgIpc) is 2.90. The normalized spacial score (nSPS) is 16.5. The van der Waals surface area contributed by atoms with Crippen LogP contribution in [-0.2, 0) is 16.1 Å². The molecule has 0 radical (unpaired) electrons. The number of carboxylic acid groups (broad SMARTS) is 1. The fraction of sp³-hybridized carbons (Fsp3) is 0.556. The lowest BCUT2D eigenvalue weighted by Gasteiger charge is -2.34. The number of amides is 1. The standard InChI is InChI=1S/C18H23N3O4S/c1-11-12(2)26-15-14(11)16(23)21(10-19-15)9-6-13(22)20-18(17(24)25)7-4-3-5-8-18/h10H,3-9H2,1-2H3,(H,20,22)(H,24,25). The summed E-state index contributed by atoms with van der Waals surface area (Å²) in [6, 6.07) is 0. The molecule has 2 aromatic rings. The fourth-order valence-electron chi connectivity index (χ4n) is 3.53. The Balaban J connectivity index is 1.72. The maximum atomic E-state index is 12.6. The third kappa shape index (κ3) is 3.38. The summed E-state index contributed by atoms with van der Waals surface area (Å²) in [6.07, 6.45) is 4.99. The predicted molar refractivity (Wildman–Crippen MR) is 99.6 cm³/mol. The zero-order valence-corrected chi connectivity index (χ0v) is 15.8. The van der Waals surface area contributed by atoms with Crippen LogP contribution in [0.2, 0.25) is 0 Å². The second-order valence-electron chi connectivity index (χ2n) is 6.95. The summed E-state index contributed by atoms with van der Waals surface area (Å²) in [4.78, 5) is 42.7. The van der Waals surface area contributed by atoms with Crippen LogP contribution in [0, 0.1) is 13.8 Å². The van der Waals surface area contributed by atoms with Crippen LogP contribution in [0.1, 0.15) is 49.0 Å². The second kappa shape index (κ2) is 7.19. The van der Waals surface area contributed by atoms with E-state index in [-0.39, 0.29) is 24.4 Å². The van der Waals surface area contributed by atoms with Gasteiger partial charge in [-0.2, -0.15) is 0 Å². The van der Waals surface area contributed by atoms with Gasteiger partial charge in [0.05, 0.1) is 11.7 Å². The molecule has 7 nitrogen and oxygen atoms in total. The minimum atomic E-state index is -1.16. The first-order valence-electron chi connectivity index (χ1n) is 8.83. The molecule has 0 saturated heterocycles. The van der Waals surface area contributed by atoms with E-state index in [1.165, 1.54) is 22.2 Å². The molecule has 0 aromatic carbocycles. The number of hydrogen-bond donors (Lipinski definition) is 2. The van der Waals surface area contributed by atoms with E-state index in [0.29, 0.717) is 23.1 Å². The van der Waals surface area contributed by atoms with Crippen molar-refractivity contribution in [2.75, 3.05) is 0 Å².